The maximum Gasteiger partial charge on any atom is 0.00773 e. The van der Waals surface area contributed by atoms with Crippen LogP contribution in [0.5, 0.6) is 0 Å². The molecule has 0 amide bonds. The van der Waals surface area contributed by atoms with Crippen LogP contribution in [0.1, 0.15) is 46.5 Å². The normalized spacial score (nSPS) is 15.4. The first-order chi connectivity index (χ1) is 6.74. The maximum atomic E-state index is 3.59. The van der Waals surface area contributed by atoms with Gasteiger partial charge in [-0.1, -0.05) is 33.6 Å². The van der Waals surface area contributed by atoms with Gasteiger partial charge in [0.05, 0.1) is 0 Å². The van der Waals surface area contributed by atoms with Gasteiger partial charge < -0.3 is 5.32 Å². The van der Waals surface area contributed by atoms with Gasteiger partial charge in [0.15, 0.2) is 0 Å². The van der Waals surface area contributed by atoms with Crippen molar-refractivity contribution in [1.82, 2.24) is 5.32 Å². The van der Waals surface area contributed by atoms with Crippen molar-refractivity contribution in [2.75, 3.05) is 18.6 Å². The lowest BCUT2D eigenvalue weighted by Gasteiger charge is -2.21. The summed E-state index contributed by atoms with van der Waals surface area (Å²) in [6.45, 7) is 7.97. The van der Waals surface area contributed by atoms with E-state index in [1.54, 1.807) is 0 Å². The molecule has 0 aromatic carbocycles. The van der Waals surface area contributed by atoms with Gasteiger partial charge in [-0.15, -0.1) is 0 Å². The van der Waals surface area contributed by atoms with Gasteiger partial charge in [0.2, 0.25) is 0 Å². The molecule has 0 aromatic heterocycles. The van der Waals surface area contributed by atoms with E-state index in [0.717, 1.165) is 18.5 Å². The molecule has 0 saturated carbocycles. The second-order valence-corrected chi connectivity index (χ2v) is 5.15. The molecule has 0 aromatic rings. The molecule has 0 rings (SSSR count). The van der Waals surface area contributed by atoms with Crippen LogP contribution in [0.2, 0.25) is 0 Å². The van der Waals surface area contributed by atoms with E-state index in [4.69, 9.17) is 0 Å². The zero-order chi connectivity index (χ0) is 10.8. The van der Waals surface area contributed by atoms with Crippen LogP contribution >= 0.6 is 11.8 Å². The molecular weight excluding hydrogens is 190 g/mol. The van der Waals surface area contributed by atoms with Gasteiger partial charge in [-0.25, -0.2) is 0 Å². The smallest absolute Gasteiger partial charge is 0.00773 e. The third kappa shape index (κ3) is 7.69. The first kappa shape index (κ1) is 14.3. The molecule has 0 aliphatic heterocycles. The summed E-state index contributed by atoms with van der Waals surface area (Å²) < 4.78 is 0. The Morgan fingerprint density at radius 2 is 1.93 bits per heavy atom. The van der Waals surface area contributed by atoms with Crippen LogP contribution in [0.3, 0.4) is 0 Å². The third-order valence-corrected chi connectivity index (χ3v) is 3.28. The second-order valence-electron chi connectivity index (χ2n) is 4.17. The molecule has 1 nitrogen and oxygen atoms in total. The van der Waals surface area contributed by atoms with Crippen LogP contribution in [0.15, 0.2) is 0 Å². The molecule has 14 heavy (non-hydrogen) atoms. The predicted molar refractivity (Wildman–Crippen MR) is 69.2 cm³/mol. The van der Waals surface area contributed by atoms with Gasteiger partial charge in [-0.3, -0.25) is 0 Å². The van der Waals surface area contributed by atoms with Crippen molar-refractivity contribution >= 4 is 11.8 Å². The minimum absolute atomic E-state index is 0.744. The van der Waals surface area contributed by atoms with Crippen LogP contribution in [0.25, 0.3) is 0 Å². The Morgan fingerprint density at radius 3 is 2.43 bits per heavy atom. The van der Waals surface area contributed by atoms with Gasteiger partial charge in [0, 0.05) is 6.04 Å². The molecular formula is C12H27NS. The largest absolute Gasteiger partial charge is 0.314 e. The summed E-state index contributed by atoms with van der Waals surface area (Å²) in [5.74, 6) is 2.17. The molecule has 2 unspecified atom stereocenters. The molecule has 0 radical (unpaired) electrons. The Hall–Kier alpha value is 0.310. The van der Waals surface area contributed by atoms with E-state index >= 15 is 0 Å². The highest BCUT2D eigenvalue weighted by molar-refractivity contribution is 7.98. The summed E-state index contributed by atoms with van der Waals surface area (Å²) in [5.41, 5.74) is 0. The molecule has 0 fully saturated rings. The van der Waals surface area contributed by atoms with Crippen molar-refractivity contribution in [3.8, 4) is 0 Å². The first-order valence-electron chi connectivity index (χ1n) is 5.96. The van der Waals surface area contributed by atoms with Gasteiger partial charge in [-0.2, -0.15) is 11.8 Å². The number of rotatable bonds is 9. The summed E-state index contributed by atoms with van der Waals surface area (Å²) in [5, 5.41) is 3.59. The highest BCUT2D eigenvalue weighted by Gasteiger charge is 2.10. The fourth-order valence-electron chi connectivity index (χ4n) is 1.95. The number of nitrogens with one attached hydrogen (secondary N) is 1. The Balaban J connectivity index is 3.69. The molecule has 0 saturated heterocycles. The lowest BCUT2D eigenvalue weighted by Crippen LogP contribution is -2.31. The molecule has 0 aliphatic carbocycles. The van der Waals surface area contributed by atoms with Crippen LogP contribution in [-0.2, 0) is 0 Å². The van der Waals surface area contributed by atoms with Crippen molar-refractivity contribution in [3.63, 3.8) is 0 Å². The average Bonchev–Trinajstić information content (AvgIpc) is 2.15. The maximum absolute atomic E-state index is 3.59. The van der Waals surface area contributed by atoms with Crippen molar-refractivity contribution in [2.45, 2.75) is 52.5 Å². The van der Waals surface area contributed by atoms with Gasteiger partial charge in [0.25, 0.3) is 0 Å². The van der Waals surface area contributed by atoms with Gasteiger partial charge in [-0.05, 0) is 37.3 Å². The zero-order valence-electron chi connectivity index (χ0n) is 10.3. The van der Waals surface area contributed by atoms with Crippen LogP contribution in [0.4, 0.5) is 0 Å². The zero-order valence-corrected chi connectivity index (χ0v) is 11.1. The van der Waals surface area contributed by atoms with Gasteiger partial charge in [0.1, 0.15) is 0 Å². The Kier molecular flexibility index (Phi) is 10.1. The number of hydrogen-bond acceptors (Lipinski definition) is 2. The molecule has 0 aliphatic rings. The molecule has 2 heteroatoms. The van der Waals surface area contributed by atoms with E-state index in [2.05, 4.69) is 32.3 Å². The molecule has 1 N–H and O–H groups in total. The third-order valence-electron chi connectivity index (χ3n) is 2.63. The van der Waals surface area contributed by atoms with E-state index < -0.39 is 0 Å². The molecule has 0 bridgehead atoms. The molecule has 0 spiro atoms. The highest BCUT2D eigenvalue weighted by atomic mass is 32.2. The Bertz CT molecular complexity index is 117. The second kappa shape index (κ2) is 9.85. The quantitative estimate of drug-likeness (QED) is 0.634. The molecule has 86 valence electrons. The summed E-state index contributed by atoms with van der Waals surface area (Å²) in [4.78, 5) is 0. The van der Waals surface area contributed by atoms with E-state index in [1.165, 1.54) is 31.4 Å². The summed E-state index contributed by atoms with van der Waals surface area (Å²) in [7, 11) is 0. The van der Waals surface area contributed by atoms with Crippen molar-refractivity contribution < 1.29 is 0 Å². The van der Waals surface area contributed by atoms with Gasteiger partial charge >= 0.3 is 0 Å². The van der Waals surface area contributed by atoms with Crippen LogP contribution in [-0.4, -0.2) is 24.6 Å². The minimum atomic E-state index is 0.744. The molecule has 2 atom stereocenters. The van der Waals surface area contributed by atoms with Crippen molar-refractivity contribution in [1.29, 1.82) is 0 Å². The fourth-order valence-corrected chi connectivity index (χ4v) is 2.47. The first-order valence-corrected chi connectivity index (χ1v) is 7.36. The minimum Gasteiger partial charge on any atom is -0.314 e. The standard InChI is InChI=1S/C12H27NS/c1-5-7-11(3)10-12(13-6-2)8-9-14-4/h11-13H,5-10H2,1-4H3. The summed E-state index contributed by atoms with van der Waals surface area (Å²) in [6.07, 6.45) is 7.56. The number of hydrogen-bond donors (Lipinski definition) is 1. The topological polar surface area (TPSA) is 12.0 Å². The fraction of sp³-hybridized carbons (Fsp3) is 1.00. The van der Waals surface area contributed by atoms with E-state index in [1.807, 2.05) is 11.8 Å². The lowest BCUT2D eigenvalue weighted by molar-refractivity contribution is 0.382. The Morgan fingerprint density at radius 1 is 1.21 bits per heavy atom. The van der Waals surface area contributed by atoms with E-state index in [9.17, 15) is 0 Å². The van der Waals surface area contributed by atoms with Crippen LogP contribution < -0.4 is 5.32 Å². The SMILES string of the molecule is CCCC(C)CC(CCSC)NCC. The molecule has 0 heterocycles. The monoisotopic (exact) mass is 217 g/mol. The Labute approximate surface area is 94.4 Å². The van der Waals surface area contributed by atoms with E-state index in [0.29, 0.717) is 0 Å². The van der Waals surface area contributed by atoms with Crippen LogP contribution in [0, 0.1) is 5.92 Å². The summed E-state index contributed by atoms with van der Waals surface area (Å²) in [6, 6.07) is 0.744. The van der Waals surface area contributed by atoms with E-state index in [-0.39, 0.29) is 0 Å². The van der Waals surface area contributed by atoms with Crippen molar-refractivity contribution in [2.24, 2.45) is 5.92 Å². The summed E-state index contributed by atoms with van der Waals surface area (Å²) >= 11 is 1.96. The predicted octanol–water partition coefficient (Wildman–Crippen LogP) is 3.54. The number of thioether (sulfide) groups is 1. The van der Waals surface area contributed by atoms with Crippen molar-refractivity contribution in [3.05, 3.63) is 0 Å². The highest BCUT2D eigenvalue weighted by Crippen LogP contribution is 2.15. The average molecular weight is 217 g/mol. The lowest BCUT2D eigenvalue weighted by atomic mass is 9.96.